The van der Waals surface area contributed by atoms with Gasteiger partial charge < -0.3 is 4.74 Å². The normalized spacial score (nSPS) is 45.8. The van der Waals surface area contributed by atoms with E-state index < -0.39 is 18.4 Å². The van der Waals surface area contributed by atoms with Crippen molar-refractivity contribution in [2.24, 2.45) is 29.6 Å². The maximum atomic E-state index is 14.7. The van der Waals surface area contributed by atoms with Gasteiger partial charge in [-0.1, -0.05) is 26.3 Å². The SMILES string of the molecule is C=C(C)OC1CCC(C2CCC(C3CCC(C)CC3)CC2)C(F)C1F. The van der Waals surface area contributed by atoms with Crippen molar-refractivity contribution in [3.8, 4) is 0 Å². The summed E-state index contributed by atoms with van der Waals surface area (Å²) >= 11 is 0. The van der Waals surface area contributed by atoms with Gasteiger partial charge in [-0.25, -0.2) is 8.78 Å². The molecule has 0 radical (unpaired) electrons. The Bertz CT molecular complexity index is 435. The lowest BCUT2D eigenvalue weighted by atomic mass is 9.65. The van der Waals surface area contributed by atoms with Crippen LogP contribution >= 0.6 is 0 Å². The van der Waals surface area contributed by atoms with Crippen molar-refractivity contribution >= 4 is 0 Å². The first kappa shape index (κ1) is 19.2. The van der Waals surface area contributed by atoms with Crippen LogP contribution in [0, 0.1) is 29.6 Å². The number of allylic oxidation sites excluding steroid dienone is 1. The van der Waals surface area contributed by atoms with E-state index in [-0.39, 0.29) is 5.92 Å². The van der Waals surface area contributed by atoms with E-state index in [9.17, 15) is 8.78 Å². The monoisotopic (exact) mass is 354 g/mol. The summed E-state index contributed by atoms with van der Waals surface area (Å²) < 4.78 is 34.6. The van der Waals surface area contributed by atoms with Crippen LogP contribution in [0.25, 0.3) is 0 Å². The molecule has 3 saturated carbocycles. The van der Waals surface area contributed by atoms with Crippen molar-refractivity contribution in [2.75, 3.05) is 0 Å². The van der Waals surface area contributed by atoms with Gasteiger partial charge in [0.2, 0.25) is 0 Å². The fraction of sp³-hybridized carbons (Fsp3) is 0.909. The zero-order valence-corrected chi connectivity index (χ0v) is 16.1. The molecule has 0 spiro atoms. The summed E-state index contributed by atoms with van der Waals surface area (Å²) in [5.74, 6) is 3.39. The van der Waals surface area contributed by atoms with Gasteiger partial charge in [-0.15, -0.1) is 0 Å². The lowest BCUT2D eigenvalue weighted by Gasteiger charge is -2.43. The molecule has 3 fully saturated rings. The van der Waals surface area contributed by atoms with E-state index in [0.717, 1.165) is 37.0 Å². The quantitative estimate of drug-likeness (QED) is 0.515. The second kappa shape index (κ2) is 8.39. The van der Waals surface area contributed by atoms with Crippen molar-refractivity contribution in [1.29, 1.82) is 0 Å². The third kappa shape index (κ3) is 4.57. The molecule has 3 aliphatic carbocycles. The van der Waals surface area contributed by atoms with Crippen LogP contribution in [0.4, 0.5) is 8.78 Å². The van der Waals surface area contributed by atoms with Gasteiger partial charge in [0.1, 0.15) is 12.3 Å². The van der Waals surface area contributed by atoms with E-state index in [1.807, 2.05) is 0 Å². The molecule has 4 atom stereocenters. The number of alkyl halides is 2. The summed E-state index contributed by atoms with van der Waals surface area (Å²) in [5, 5.41) is 0. The number of halogens is 2. The Morgan fingerprint density at radius 3 is 1.84 bits per heavy atom. The molecule has 0 aromatic carbocycles. The first-order valence-corrected chi connectivity index (χ1v) is 10.6. The molecule has 0 aromatic rings. The molecule has 0 aromatic heterocycles. The van der Waals surface area contributed by atoms with Gasteiger partial charge in [0, 0.05) is 0 Å². The molecule has 3 aliphatic rings. The third-order valence-electron chi connectivity index (χ3n) is 7.35. The van der Waals surface area contributed by atoms with Crippen LogP contribution < -0.4 is 0 Å². The number of rotatable bonds is 4. The van der Waals surface area contributed by atoms with Crippen LogP contribution in [-0.2, 0) is 4.74 Å². The molecule has 1 nitrogen and oxygen atoms in total. The second-order valence-electron chi connectivity index (χ2n) is 9.18. The topological polar surface area (TPSA) is 9.23 Å². The average Bonchev–Trinajstić information content (AvgIpc) is 2.60. The fourth-order valence-electron chi connectivity index (χ4n) is 5.80. The highest BCUT2D eigenvalue weighted by atomic mass is 19.2. The molecule has 144 valence electrons. The summed E-state index contributed by atoms with van der Waals surface area (Å²) in [6, 6.07) is 0. The largest absolute Gasteiger partial charge is 0.493 e. The molecule has 3 rings (SSSR count). The van der Waals surface area contributed by atoms with Crippen LogP contribution in [0.3, 0.4) is 0 Å². The van der Waals surface area contributed by atoms with Crippen LogP contribution in [0.5, 0.6) is 0 Å². The lowest BCUT2D eigenvalue weighted by Crippen LogP contribution is -2.45. The molecular formula is C22H36F2O. The minimum Gasteiger partial charge on any atom is -0.493 e. The highest BCUT2D eigenvalue weighted by Gasteiger charge is 2.45. The maximum absolute atomic E-state index is 14.7. The molecule has 25 heavy (non-hydrogen) atoms. The molecule has 0 amide bonds. The Morgan fingerprint density at radius 1 is 0.760 bits per heavy atom. The molecule has 3 heteroatoms. The fourth-order valence-corrected chi connectivity index (χ4v) is 5.80. The Hall–Kier alpha value is -0.600. The Balaban J connectivity index is 1.49. The number of hydrogen-bond acceptors (Lipinski definition) is 1. The van der Waals surface area contributed by atoms with Gasteiger partial charge in [0.15, 0.2) is 6.17 Å². The summed E-state index contributed by atoms with van der Waals surface area (Å²) in [4.78, 5) is 0. The first-order valence-electron chi connectivity index (χ1n) is 10.6. The third-order valence-corrected chi connectivity index (χ3v) is 7.35. The van der Waals surface area contributed by atoms with Crippen molar-refractivity contribution in [1.82, 2.24) is 0 Å². The van der Waals surface area contributed by atoms with Gasteiger partial charge in [-0.3, -0.25) is 0 Å². The van der Waals surface area contributed by atoms with Crippen molar-refractivity contribution in [3.05, 3.63) is 12.3 Å². The Kier molecular flexibility index (Phi) is 6.44. The number of hydrogen-bond donors (Lipinski definition) is 0. The van der Waals surface area contributed by atoms with Gasteiger partial charge >= 0.3 is 0 Å². The van der Waals surface area contributed by atoms with Crippen LogP contribution in [0.1, 0.15) is 78.1 Å². The molecule has 0 N–H and O–H groups in total. The molecule has 0 heterocycles. The van der Waals surface area contributed by atoms with Crippen molar-refractivity contribution in [3.63, 3.8) is 0 Å². The standard InChI is InChI=1S/C22H36F2O/c1-14(2)25-20-13-12-19(21(23)22(20)24)18-10-8-17(9-11-18)16-6-4-15(3)5-7-16/h15-22H,1,4-13H2,2-3H3. The van der Waals surface area contributed by atoms with Crippen molar-refractivity contribution in [2.45, 2.75) is 96.5 Å². The van der Waals surface area contributed by atoms with Crippen LogP contribution in [0.2, 0.25) is 0 Å². The maximum Gasteiger partial charge on any atom is 0.168 e. The average molecular weight is 355 g/mol. The minimum atomic E-state index is -1.49. The highest BCUT2D eigenvalue weighted by Crippen LogP contribution is 2.46. The first-order chi connectivity index (χ1) is 12.0. The molecule has 0 aliphatic heterocycles. The summed E-state index contributed by atoms with van der Waals surface area (Å²) in [5.41, 5.74) is 0. The zero-order chi connectivity index (χ0) is 18.0. The van der Waals surface area contributed by atoms with Gasteiger partial charge in [-0.05, 0) is 87.9 Å². The smallest absolute Gasteiger partial charge is 0.168 e. The van der Waals surface area contributed by atoms with Crippen LogP contribution in [-0.4, -0.2) is 18.4 Å². The van der Waals surface area contributed by atoms with Gasteiger partial charge in [-0.2, -0.15) is 0 Å². The zero-order valence-electron chi connectivity index (χ0n) is 16.1. The molecule has 4 unspecified atom stereocenters. The Morgan fingerprint density at radius 2 is 1.28 bits per heavy atom. The van der Waals surface area contributed by atoms with E-state index in [1.165, 1.54) is 38.5 Å². The van der Waals surface area contributed by atoms with E-state index in [0.29, 0.717) is 18.1 Å². The second-order valence-corrected chi connectivity index (χ2v) is 9.18. The lowest BCUT2D eigenvalue weighted by molar-refractivity contribution is -0.0676. The van der Waals surface area contributed by atoms with Crippen molar-refractivity contribution < 1.29 is 13.5 Å². The van der Waals surface area contributed by atoms with Gasteiger partial charge in [0.25, 0.3) is 0 Å². The Labute approximate surface area is 152 Å². The van der Waals surface area contributed by atoms with E-state index in [2.05, 4.69) is 13.5 Å². The van der Waals surface area contributed by atoms with E-state index in [4.69, 9.17) is 4.74 Å². The van der Waals surface area contributed by atoms with E-state index in [1.54, 1.807) is 6.92 Å². The van der Waals surface area contributed by atoms with Crippen LogP contribution in [0.15, 0.2) is 12.3 Å². The van der Waals surface area contributed by atoms with Gasteiger partial charge in [0.05, 0.1) is 5.76 Å². The molecular weight excluding hydrogens is 318 g/mol. The highest BCUT2D eigenvalue weighted by molar-refractivity contribution is 4.95. The molecule has 0 bridgehead atoms. The summed E-state index contributed by atoms with van der Waals surface area (Å²) in [7, 11) is 0. The summed E-state index contributed by atoms with van der Waals surface area (Å²) in [6.07, 6.45) is 8.09. The predicted molar refractivity (Wildman–Crippen MR) is 98.8 cm³/mol. The minimum absolute atomic E-state index is 0.104. The number of ether oxygens (including phenoxy) is 1. The molecule has 0 saturated heterocycles. The van der Waals surface area contributed by atoms with E-state index >= 15 is 0 Å². The predicted octanol–water partition coefficient (Wildman–Crippen LogP) is 6.62. The summed E-state index contributed by atoms with van der Waals surface area (Å²) in [6.45, 7) is 7.74.